The first kappa shape index (κ1) is 18.1. The lowest BCUT2D eigenvalue weighted by Gasteiger charge is -2.11. The van der Waals surface area contributed by atoms with Crippen LogP contribution < -0.4 is 9.47 Å². The zero-order valence-electron chi connectivity index (χ0n) is 15.2. The van der Waals surface area contributed by atoms with E-state index in [1.807, 2.05) is 44.2 Å². The number of allylic oxidation sites excluding steroid dienone is 1. The van der Waals surface area contributed by atoms with Gasteiger partial charge in [0, 0.05) is 0 Å². The molecule has 27 heavy (non-hydrogen) atoms. The molecule has 0 aliphatic heterocycles. The standard InChI is InChI=1S/C22H19N3O2/c1-4-10-27-20-9-7-16(13-21(20)26-5-2)12-17(14-23)22-24-18-8-6-15(3)11-19(18)25-22/h1,6-9,11-13H,5,10H2,2-3H3,(H,24,25)/b17-12-. The average Bonchev–Trinajstić information content (AvgIpc) is 3.08. The molecule has 5 heteroatoms. The summed E-state index contributed by atoms with van der Waals surface area (Å²) < 4.78 is 11.1. The molecular formula is C22H19N3O2. The van der Waals surface area contributed by atoms with Crippen molar-refractivity contribution in [2.75, 3.05) is 13.2 Å². The Morgan fingerprint density at radius 1 is 1.22 bits per heavy atom. The second kappa shape index (κ2) is 8.12. The Balaban J connectivity index is 1.98. The number of imidazole rings is 1. The maximum absolute atomic E-state index is 9.61. The van der Waals surface area contributed by atoms with Gasteiger partial charge in [0.2, 0.25) is 0 Å². The topological polar surface area (TPSA) is 70.9 Å². The van der Waals surface area contributed by atoms with Crippen molar-refractivity contribution in [3.63, 3.8) is 0 Å². The molecule has 0 radical (unpaired) electrons. The van der Waals surface area contributed by atoms with Crippen LogP contribution in [0.15, 0.2) is 36.4 Å². The maximum Gasteiger partial charge on any atom is 0.162 e. The number of hydrogen-bond acceptors (Lipinski definition) is 4. The molecule has 0 fully saturated rings. The van der Waals surface area contributed by atoms with Crippen molar-refractivity contribution in [1.29, 1.82) is 5.26 Å². The van der Waals surface area contributed by atoms with E-state index in [0.717, 1.165) is 22.2 Å². The fourth-order valence-corrected chi connectivity index (χ4v) is 2.69. The summed E-state index contributed by atoms with van der Waals surface area (Å²) in [7, 11) is 0. The normalized spacial score (nSPS) is 11.0. The van der Waals surface area contributed by atoms with Gasteiger partial charge in [-0.3, -0.25) is 0 Å². The number of ether oxygens (including phenoxy) is 2. The van der Waals surface area contributed by atoms with Gasteiger partial charge >= 0.3 is 0 Å². The van der Waals surface area contributed by atoms with Gasteiger partial charge in [-0.1, -0.05) is 18.1 Å². The van der Waals surface area contributed by atoms with Crippen molar-refractivity contribution < 1.29 is 9.47 Å². The molecule has 134 valence electrons. The third kappa shape index (κ3) is 4.11. The second-order valence-electron chi connectivity index (χ2n) is 5.91. The van der Waals surface area contributed by atoms with Crippen LogP contribution in [-0.2, 0) is 0 Å². The second-order valence-corrected chi connectivity index (χ2v) is 5.91. The van der Waals surface area contributed by atoms with Gasteiger partial charge in [-0.25, -0.2) is 4.98 Å². The number of fused-ring (bicyclic) bond motifs is 1. The zero-order chi connectivity index (χ0) is 19.2. The molecule has 3 aromatic rings. The SMILES string of the molecule is C#CCOc1ccc(/C=C(/C#N)c2nc3ccc(C)cc3[nH]2)cc1OCC. The number of hydrogen-bond donors (Lipinski definition) is 1. The first-order valence-corrected chi connectivity index (χ1v) is 8.56. The summed E-state index contributed by atoms with van der Waals surface area (Å²) in [6.45, 7) is 4.56. The fourth-order valence-electron chi connectivity index (χ4n) is 2.69. The Morgan fingerprint density at radius 3 is 2.81 bits per heavy atom. The molecule has 0 aliphatic rings. The number of aromatic nitrogens is 2. The molecule has 2 aromatic carbocycles. The van der Waals surface area contributed by atoms with Crippen molar-refractivity contribution in [2.24, 2.45) is 0 Å². The Bertz CT molecular complexity index is 1080. The Labute approximate surface area is 158 Å². The molecular weight excluding hydrogens is 338 g/mol. The van der Waals surface area contributed by atoms with Crippen LogP contribution in [0.5, 0.6) is 11.5 Å². The van der Waals surface area contributed by atoms with Gasteiger partial charge in [-0.15, -0.1) is 6.42 Å². The molecule has 3 rings (SSSR count). The van der Waals surface area contributed by atoms with Gasteiger partial charge < -0.3 is 14.5 Å². The van der Waals surface area contributed by atoms with Crippen molar-refractivity contribution in [3.05, 3.63) is 53.3 Å². The largest absolute Gasteiger partial charge is 0.490 e. The minimum absolute atomic E-state index is 0.164. The third-order valence-electron chi connectivity index (χ3n) is 3.90. The third-order valence-corrected chi connectivity index (χ3v) is 3.90. The minimum atomic E-state index is 0.164. The Kier molecular flexibility index (Phi) is 5.44. The lowest BCUT2D eigenvalue weighted by atomic mass is 10.1. The highest BCUT2D eigenvalue weighted by Crippen LogP contribution is 2.30. The average molecular weight is 357 g/mol. The Hall–Kier alpha value is -3.70. The predicted molar refractivity (Wildman–Crippen MR) is 106 cm³/mol. The van der Waals surface area contributed by atoms with E-state index in [1.165, 1.54) is 0 Å². The van der Waals surface area contributed by atoms with Gasteiger partial charge in [-0.2, -0.15) is 5.26 Å². The van der Waals surface area contributed by atoms with Crippen molar-refractivity contribution >= 4 is 22.7 Å². The molecule has 0 aliphatic carbocycles. The van der Waals surface area contributed by atoms with E-state index in [4.69, 9.17) is 15.9 Å². The lowest BCUT2D eigenvalue weighted by molar-refractivity contribution is 0.299. The number of terminal acetylenes is 1. The summed E-state index contributed by atoms with van der Waals surface area (Å²) in [5.41, 5.74) is 4.09. The maximum atomic E-state index is 9.61. The summed E-state index contributed by atoms with van der Waals surface area (Å²) in [5.74, 6) is 4.12. The molecule has 0 atom stereocenters. The zero-order valence-corrected chi connectivity index (χ0v) is 15.2. The van der Waals surface area contributed by atoms with E-state index < -0.39 is 0 Å². The van der Waals surface area contributed by atoms with E-state index in [0.29, 0.717) is 29.5 Å². The molecule has 0 bridgehead atoms. The molecule has 0 spiro atoms. The molecule has 0 unspecified atom stereocenters. The van der Waals surface area contributed by atoms with Gasteiger partial charge in [0.05, 0.1) is 23.2 Å². The van der Waals surface area contributed by atoms with Gasteiger partial charge in [-0.05, 0) is 55.3 Å². The molecule has 0 amide bonds. The monoisotopic (exact) mass is 357 g/mol. The quantitative estimate of drug-likeness (QED) is 0.526. The van der Waals surface area contributed by atoms with Crippen LogP contribution in [0.25, 0.3) is 22.7 Å². The molecule has 0 saturated heterocycles. The summed E-state index contributed by atoms with van der Waals surface area (Å²) in [6.07, 6.45) is 7.01. The van der Waals surface area contributed by atoms with Crippen LogP contribution in [0.3, 0.4) is 0 Å². The van der Waals surface area contributed by atoms with Crippen molar-refractivity contribution in [3.8, 4) is 29.9 Å². The van der Waals surface area contributed by atoms with Gasteiger partial charge in [0.15, 0.2) is 11.5 Å². The number of benzene rings is 2. The first-order valence-electron chi connectivity index (χ1n) is 8.56. The van der Waals surface area contributed by atoms with E-state index in [9.17, 15) is 5.26 Å². The smallest absolute Gasteiger partial charge is 0.162 e. The van der Waals surface area contributed by atoms with Crippen molar-refractivity contribution in [1.82, 2.24) is 9.97 Å². The number of aromatic amines is 1. The molecule has 1 aromatic heterocycles. The lowest BCUT2D eigenvalue weighted by Crippen LogP contribution is -1.99. The minimum Gasteiger partial charge on any atom is -0.490 e. The van der Waals surface area contributed by atoms with E-state index in [1.54, 1.807) is 12.1 Å². The summed E-state index contributed by atoms with van der Waals surface area (Å²) in [4.78, 5) is 7.72. The number of nitriles is 1. The Morgan fingerprint density at radius 2 is 2.07 bits per heavy atom. The van der Waals surface area contributed by atoms with Crippen LogP contribution in [0.1, 0.15) is 23.9 Å². The van der Waals surface area contributed by atoms with Crippen LogP contribution >= 0.6 is 0 Å². The molecule has 1 heterocycles. The van der Waals surface area contributed by atoms with Crippen LogP contribution in [0.2, 0.25) is 0 Å². The number of rotatable bonds is 6. The fraction of sp³-hybridized carbons (Fsp3) is 0.182. The van der Waals surface area contributed by atoms with Crippen LogP contribution in [0.4, 0.5) is 0 Å². The number of nitrogens with zero attached hydrogens (tertiary/aromatic N) is 2. The summed E-state index contributed by atoms with van der Waals surface area (Å²) in [6, 6.07) is 13.6. The van der Waals surface area contributed by atoms with E-state index in [-0.39, 0.29) is 6.61 Å². The molecule has 1 N–H and O–H groups in total. The van der Waals surface area contributed by atoms with Gasteiger partial charge in [0.1, 0.15) is 18.5 Å². The van der Waals surface area contributed by atoms with Crippen LogP contribution in [-0.4, -0.2) is 23.2 Å². The molecule has 0 saturated carbocycles. The summed E-state index contributed by atoms with van der Waals surface area (Å²) >= 11 is 0. The van der Waals surface area contributed by atoms with Crippen LogP contribution in [0, 0.1) is 30.6 Å². The van der Waals surface area contributed by atoms with E-state index in [2.05, 4.69) is 22.0 Å². The predicted octanol–water partition coefficient (Wildman–Crippen LogP) is 4.35. The highest BCUT2D eigenvalue weighted by atomic mass is 16.5. The first-order chi connectivity index (χ1) is 13.1. The number of H-pyrrole nitrogens is 1. The van der Waals surface area contributed by atoms with Crippen molar-refractivity contribution in [2.45, 2.75) is 13.8 Å². The summed E-state index contributed by atoms with van der Waals surface area (Å²) in [5, 5.41) is 9.61. The van der Waals surface area contributed by atoms with Gasteiger partial charge in [0.25, 0.3) is 0 Å². The highest BCUT2D eigenvalue weighted by molar-refractivity contribution is 5.90. The van der Waals surface area contributed by atoms with E-state index >= 15 is 0 Å². The number of nitrogens with one attached hydrogen (secondary N) is 1. The number of aryl methyl sites for hydroxylation is 1. The highest BCUT2D eigenvalue weighted by Gasteiger charge is 2.10. The molecule has 5 nitrogen and oxygen atoms in total.